The number of imidazole rings is 1. The number of halogens is 1. The maximum absolute atomic E-state index is 13.4. The van der Waals surface area contributed by atoms with Crippen LogP contribution in [0, 0.1) is 12.7 Å². The van der Waals surface area contributed by atoms with E-state index in [0.717, 1.165) is 28.2 Å². The van der Waals surface area contributed by atoms with Crippen LogP contribution < -0.4 is 4.74 Å². The predicted octanol–water partition coefficient (Wildman–Crippen LogP) is 4.73. The Morgan fingerprint density at radius 3 is 2.70 bits per heavy atom. The second kappa shape index (κ2) is 8.24. The fourth-order valence-electron chi connectivity index (χ4n) is 4.40. The number of ether oxygens (including phenoxy) is 2. The Bertz CT molecular complexity index is 1280. The Labute approximate surface area is 191 Å². The first-order chi connectivity index (χ1) is 15.9. The molecule has 2 atom stereocenters. The van der Waals surface area contributed by atoms with Crippen molar-refractivity contribution in [1.29, 1.82) is 0 Å². The normalized spacial score (nSPS) is 21.1. The standard InChI is InChI=1S/C26H24FN3O3/c1-16-14-29(15-28-16)23-9-4-18(12-24(23)32-3)13-25-26(31)30-21(17(2)33-25)10-11-22(30)19-5-7-20(27)8-6-19/h4-9,11-15,17,21H,10H2,1-3H3/b25-13-/t17-,21-/m1/s1. The molecule has 5 rings (SSSR count). The summed E-state index contributed by atoms with van der Waals surface area (Å²) in [5.41, 5.74) is 4.14. The number of benzene rings is 2. The van der Waals surface area contributed by atoms with Gasteiger partial charge in [-0.05, 0) is 73.9 Å². The Morgan fingerprint density at radius 2 is 2.00 bits per heavy atom. The number of amides is 1. The monoisotopic (exact) mass is 445 g/mol. The van der Waals surface area contributed by atoms with Crippen LogP contribution >= 0.6 is 0 Å². The second-order valence-corrected chi connectivity index (χ2v) is 8.26. The molecule has 2 aliphatic rings. The Balaban J connectivity index is 1.47. The number of morpholine rings is 1. The molecule has 0 radical (unpaired) electrons. The van der Waals surface area contributed by atoms with Gasteiger partial charge in [-0.25, -0.2) is 9.37 Å². The van der Waals surface area contributed by atoms with E-state index >= 15 is 0 Å². The molecule has 3 aromatic rings. The zero-order valence-electron chi connectivity index (χ0n) is 18.7. The Morgan fingerprint density at radius 1 is 1.21 bits per heavy atom. The number of aryl methyl sites for hydroxylation is 1. The van der Waals surface area contributed by atoms with Gasteiger partial charge in [0, 0.05) is 11.9 Å². The second-order valence-electron chi connectivity index (χ2n) is 8.26. The zero-order valence-corrected chi connectivity index (χ0v) is 18.7. The molecule has 33 heavy (non-hydrogen) atoms. The summed E-state index contributed by atoms with van der Waals surface area (Å²) >= 11 is 0. The minimum absolute atomic E-state index is 0.0869. The van der Waals surface area contributed by atoms with Crippen LogP contribution in [0.25, 0.3) is 17.5 Å². The van der Waals surface area contributed by atoms with E-state index in [1.165, 1.54) is 12.1 Å². The fraction of sp³-hybridized carbons (Fsp3) is 0.231. The number of nitrogens with zero attached hydrogens (tertiary/aromatic N) is 3. The van der Waals surface area contributed by atoms with Crippen molar-refractivity contribution in [1.82, 2.24) is 14.5 Å². The number of hydrogen-bond acceptors (Lipinski definition) is 4. The molecule has 7 heteroatoms. The van der Waals surface area contributed by atoms with E-state index in [1.54, 1.807) is 36.5 Å². The van der Waals surface area contributed by atoms with Crippen LogP contribution in [0.4, 0.5) is 4.39 Å². The van der Waals surface area contributed by atoms with Crippen LogP contribution in [-0.4, -0.2) is 39.6 Å². The molecule has 2 aromatic carbocycles. The quantitative estimate of drug-likeness (QED) is 0.545. The van der Waals surface area contributed by atoms with E-state index in [4.69, 9.17) is 9.47 Å². The van der Waals surface area contributed by atoms with Crippen LogP contribution in [-0.2, 0) is 9.53 Å². The third-order valence-electron chi connectivity index (χ3n) is 6.06. The summed E-state index contributed by atoms with van der Waals surface area (Å²) < 4.78 is 26.9. The lowest BCUT2D eigenvalue weighted by Gasteiger charge is -2.38. The molecule has 3 heterocycles. The molecule has 1 saturated heterocycles. The van der Waals surface area contributed by atoms with E-state index in [0.29, 0.717) is 12.2 Å². The summed E-state index contributed by atoms with van der Waals surface area (Å²) in [6, 6.07) is 11.8. The van der Waals surface area contributed by atoms with Crippen LogP contribution in [0.5, 0.6) is 5.75 Å². The van der Waals surface area contributed by atoms with Gasteiger partial charge >= 0.3 is 0 Å². The Hall–Kier alpha value is -3.87. The van der Waals surface area contributed by atoms with Crippen LogP contribution in [0.15, 0.2) is 66.8 Å². The number of fused-ring (bicyclic) bond motifs is 1. The van der Waals surface area contributed by atoms with Crippen molar-refractivity contribution in [2.24, 2.45) is 0 Å². The number of hydrogen-bond donors (Lipinski definition) is 0. The summed E-state index contributed by atoms with van der Waals surface area (Å²) in [5.74, 6) is 0.407. The van der Waals surface area contributed by atoms with E-state index in [2.05, 4.69) is 4.98 Å². The van der Waals surface area contributed by atoms with Gasteiger partial charge in [0.15, 0.2) is 5.76 Å². The SMILES string of the molecule is COc1cc(/C=C2\O[C@H](C)[C@H]3CC=C(c4ccc(F)cc4)N3C2=O)ccc1-n1cnc(C)c1. The van der Waals surface area contributed by atoms with Gasteiger partial charge in [0.1, 0.15) is 17.7 Å². The molecule has 0 unspecified atom stereocenters. The summed E-state index contributed by atoms with van der Waals surface area (Å²) in [6.07, 6.45) is 7.92. The minimum Gasteiger partial charge on any atom is -0.495 e. The molecule has 168 valence electrons. The lowest BCUT2D eigenvalue weighted by Crippen LogP contribution is -2.48. The fourth-order valence-corrected chi connectivity index (χ4v) is 4.40. The van der Waals surface area contributed by atoms with Crippen molar-refractivity contribution in [3.8, 4) is 11.4 Å². The number of aromatic nitrogens is 2. The third-order valence-corrected chi connectivity index (χ3v) is 6.06. The molecule has 0 N–H and O–H groups in total. The van der Waals surface area contributed by atoms with E-state index in [9.17, 15) is 9.18 Å². The van der Waals surface area contributed by atoms with Gasteiger partial charge in [-0.2, -0.15) is 0 Å². The van der Waals surface area contributed by atoms with Gasteiger partial charge in [-0.1, -0.05) is 12.1 Å². The van der Waals surface area contributed by atoms with Crippen molar-refractivity contribution in [3.63, 3.8) is 0 Å². The first-order valence-corrected chi connectivity index (χ1v) is 10.8. The van der Waals surface area contributed by atoms with Gasteiger partial charge in [0.25, 0.3) is 5.91 Å². The molecule has 0 aliphatic carbocycles. The van der Waals surface area contributed by atoms with Crippen molar-refractivity contribution in [2.75, 3.05) is 7.11 Å². The third kappa shape index (κ3) is 3.80. The van der Waals surface area contributed by atoms with Crippen molar-refractivity contribution < 1.29 is 18.7 Å². The predicted molar refractivity (Wildman–Crippen MR) is 123 cm³/mol. The maximum Gasteiger partial charge on any atom is 0.293 e. The highest BCUT2D eigenvalue weighted by molar-refractivity contribution is 6.02. The highest BCUT2D eigenvalue weighted by atomic mass is 19.1. The molecule has 6 nitrogen and oxygen atoms in total. The summed E-state index contributed by atoms with van der Waals surface area (Å²) in [5, 5.41) is 0. The minimum atomic E-state index is -0.306. The summed E-state index contributed by atoms with van der Waals surface area (Å²) in [7, 11) is 1.61. The van der Waals surface area contributed by atoms with E-state index in [1.807, 2.05) is 48.9 Å². The molecule has 1 aromatic heterocycles. The van der Waals surface area contributed by atoms with Crippen LogP contribution in [0.2, 0.25) is 0 Å². The molecule has 0 saturated carbocycles. The highest BCUT2D eigenvalue weighted by Crippen LogP contribution is 2.38. The molecular weight excluding hydrogens is 421 g/mol. The number of carbonyl (C=O) groups excluding carboxylic acids is 1. The van der Waals surface area contributed by atoms with Gasteiger partial charge in [-0.3, -0.25) is 9.69 Å². The molecular formula is C26H24FN3O3. The number of methoxy groups -OCH3 is 1. The summed E-state index contributed by atoms with van der Waals surface area (Å²) in [6.45, 7) is 3.89. The van der Waals surface area contributed by atoms with Gasteiger partial charge in [-0.15, -0.1) is 0 Å². The van der Waals surface area contributed by atoms with Crippen molar-refractivity contribution in [2.45, 2.75) is 32.4 Å². The largest absolute Gasteiger partial charge is 0.495 e. The van der Waals surface area contributed by atoms with E-state index < -0.39 is 0 Å². The molecule has 0 bridgehead atoms. The smallest absolute Gasteiger partial charge is 0.293 e. The molecule has 2 aliphatic heterocycles. The van der Waals surface area contributed by atoms with Gasteiger partial charge in [0.2, 0.25) is 0 Å². The average molecular weight is 445 g/mol. The van der Waals surface area contributed by atoms with E-state index in [-0.39, 0.29) is 29.6 Å². The van der Waals surface area contributed by atoms with Crippen molar-refractivity contribution >= 4 is 17.7 Å². The van der Waals surface area contributed by atoms with Crippen molar-refractivity contribution in [3.05, 3.63) is 89.5 Å². The van der Waals surface area contributed by atoms with Gasteiger partial charge < -0.3 is 14.0 Å². The molecule has 1 fully saturated rings. The topological polar surface area (TPSA) is 56.6 Å². The first kappa shape index (κ1) is 21.0. The highest BCUT2D eigenvalue weighted by Gasteiger charge is 2.42. The maximum atomic E-state index is 13.4. The van der Waals surface area contributed by atoms with Gasteiger partial charge in [0.05, 0.1) is 30.9 Å². The first-order valence-electron chi connectivity index (χ1n) is 10.8. The molecule has 1 amide bonds. The number of carbonyl (C=O) groups is 1. The lowest BCUT2D eigenvalue weighted by molar-refractivity contribution is -0.138. The average Bonchev–Trinajstić information content (AvgIpc) is 3.45. The number of rotatable bonds is 4. The molecule has 0 spiro atoms. The Kier molecular flexibility index (Phi) is 5.24. The lowest BCUT2D eigenvalue weighted by atomic mass is 10.1. The van der Waals surface area contributed by atoms with Crippen LogP contribution in [0.1, 0.15) is 30.2 Å². The summed E-state index contributed by atoms with van der Waals surface area (Å²) in [4.78, 5) is 19.5. The zero-order chi connectivity index (χ0) is 23.1. The van der Waals surface area contributed by atoms with Crippen LogP contribution in [0.3, 0.4) is 0 Å².